The van der Waals surface area contributed by atoms with Gasteiger partial charge < -0.3 is 10.0 Å². The molecule has 1 N–H and O–H groups in total. The van der Waals surface area contributed by atoms with Gasteiger partial charge in [0.2, 0.25) is 0 Å². The maximum atomic E-state index is 12.2. The predicted molar refractivity (Wildman–Crippen MR) is 95.7 cm³/mol. The van der Waals surface area contributed by atoms with Crippen LogP contribution in [0.5, 0.6) is 0 Å². The molecule has 2 fully saturated rings. The minimum absolute atomic E-state index is 0.273. The van der Waals surface area contributed by atoms with E-state index < -0.39 is 12.5 Å². The lowest BCUT2D eigenvalue weighted by Crippen LogP contribution is -2.33. The number of anilines is 1. The number of amides is 1. The first-order valence-corrected chi connectivity index (χ1v) is 9.32. The third-order valence-corrected chi connectivity index (χ3v) is 5.88. The molecule has 3 rings (SSSR count). The maximum absolute atomic E-state index is 12.2. The van der Waals surface area contributed by atoms with Crippen molar-refractivity contribution in [3.8, 4) is 0 Å². The molecule has 2 aliphatic heterocycles. The van der Waals surface area contributed by atoms with Crippen LogP contribution in [0, 0.1) is 0 Å². The summed E-state index contributed by atoms with van der Waals surface area (Å²) in [6.07, 6.45) is 5.32. The largest absolute Gasteiger partial charge is 0.480 e. The van der Waals surface area contributed by atoms with Crippen LogP contribution in [0.2, 0.25) is 0 Å². The van der Waals surface area contributed by atoms with Crippen molar-refractivity contribution in [2.75, 3.05) is 24.5 Å². The second-order valence-electron chi connectivity index (χ2n) is 5.26. The smallest absolute Gasteiger partial charge is 0.323 e. The highest BCUT2D eigenvalue weighted by molar-refractivity contribution is 8.26. The fourth-order valence-corrected chi connectivity index (χ4v) is 4.56. The van der Waals surface area contributed by atoms with Gasteiger partial charge >= 0.3 is 5.97 Å². The number of nitrogens with zero attached hydrogens (tertiary/aromatic N) is 3. The summed E-state index contributed by atoms with van der Waals surface area (Å²) in [4.78, 5) is 31.4. The number of thiazole rings is 1. The van der Waals surface area contributed by atoms with Crippen LogP contribution in [0.25, 0.3) is 6.08 Å². The fraction of sp³-hybridized carbons (Fsp3) is 0.429. The molecule has 0 atom stereocenters. The van der Waals surface area contributed by atoms with Crippen molar-refractivity contribution in [3.63, 3.8) is 0 Å². The molecule has 1 aromatic rings. The van der Waals surface area contributed by atoms with Gasteiger partial charge in [0.1, 0.15) is 10.9 Å². The van der Waals surface area contributed by atoms with Crippen molar-refractivity contribution >= 4 is 62.7 Å². The molecule has 23 heavy (non-hydrogen) atoms. The van der Waals surface area contributed by atoms with Crippen molar-refractivity contribution in [1.29, 1.82) is 0 Å². The van der Waals surface area contributed by atoms with Crippen molar-refractivity contribution in [2.45, 2.75) is 19.3 Å². The van der Waals surface area contributed by atoms with E-state index in [0.717, 1.165) is 34.9 Å². The van der Waals surface area contributed by atoms with Crippen LogP contribution in [0.3, 0.4) is 0 Å². The van der Waals surface area contributed by atoms with Crippen LogP contribution in [0.15, 0.2) is 10.3 Å². The Morgan fingerprint density at radius 2 is 2.13 bits per heavy atom. The van der Waals surface area contributed by atoms with Gasteiger partial charge in [-0.1, -0.05) is 24.0 Å². The SMILES string of the molecule is O=C(O)CN1C(=O)/C(=C/c2csc(N3CCCCC3)n2)SC1=S. The van der Waals surface area contributed by atoms with E-state index in [-0.39, 0.29) is 10.2 Å². The normalized spacial score (nSPS) is 20.6. The Balaban J connectivity index is 1.74. The molecule has 0 aromatic carbocycles. The summed E-state index contributed by atoms with van der Waals surface area (Å²) in [7, 11) is 0. The first-order valence-electron chi connectivity index (χ1n) is 7.22. The maximum Gasteiger partial charge on any atom is 0.323 e. The summed E-state index contributed by atoms with van der Waals surface area (Å²) in [5.74, 6) is -1.45. The van der Waals surface area contributed by atoms with E-state index >= 15 is 0 Å². The number of aromatic nitrogens is 1. The molecule has 0 bridgehead atoms. The van der Waals surface area contributed by atoms with Crippen LogP contribution in [-0.2, 0) is 9.59 Å². The molecule has 0 unspecified atom stereocenters. The zero-order chi connectivity index (χ0) is 16.4. The molecule has 122 valence electrons. The van der Waals surface area contributed by atoms with Crippen LogP contribution < -0.4 is 4.90 Å². The van der Waals surface area contributed by atoms with E-state index in [1.807, 2.05) is 5.38 Å². The molecule has 1 aromatic heterocycles. The average Bonchev–Trinajstić information content (AvgIpc) is 3.09. The number of carboxylic acid groups (broad SMARTS) is 1. The minimum Gasteiger partial charge on any atom is -0.480 e. The van der Waals surface area contributed by atoms with E-state index in [0.29, 0.717) is 10.6 Å². The van der Waals surface area contributed by atoms with E-state index in [4.69, 9.17) is 17.3 Å². The number of thioether (sulfide) groups is 1. The molecule has 0 radical (unpaired) electrons. The Labute approximate surface area is 147 Å². The first-order chi connectivity index (χ1) is 11.0. The standard InChI is InChI=1S/C14H15N3O3S3/c18-11(19)7-17-12(20)10(23-14(17)21)6-9-8-22-13(15-9)16-4-2-1-3-5-16/h6,8H,1-5,7H2,(H,18,19)/b10-6-. The molecule has 3 heterocycles. The lowest BCUT2D eigenvalue weighted by molar-refractivity contribution is -0.140. The topological polar surface area (TPSA) is 73.7 Å². The molecule has 2 saturated heterocycles. The number of hydrogen-bond donors (Lipinski definition) is 1. The van der Waals surface area contributed by atoms with E-state index in [1.54, 1.807) is 17.4 Å². The van der Waals surface area contributed by atoms with Crippen molar-refractivity contribution in [2.24, 2.45) is 0 Å². The summed E-state index contributed by atoms with van der Waals surface area (Å²) in [6, 6.07) is 0. The monoisotopic (exact) mass is 369 g/mol. The lowest BCUT2D eigenvalue weighted by atomic mass is 10.1. The first kappa shape index (κ1) is 16.4. The lowest BCUT2D eigenvalue weighted by Gasteiger charge is -2.25. The van der Waals surface area contributed by atoms with Gasteiger partial charge in [-0.05, 0) is 25.3 Å². The number of aliphatic carboxylic acids is 1. The van der Waals surface area contributed by atoms with Gasteiger partial charge in [0.05, 0.1) is 10.6 Å². The summed E-state index contributed by atoms with van der Waals surface area (Å²) in [5.41, 5.74) is 0.714. The summed E-state index contributed by atoms with van der Waals surface area (Å²) >= 11 is 7.76. The minimum atomic E-state index is -1.08. The number of hydrogen-bond acceptors (Lipinski definition) is 7. The quantitative estimate of drug-likeness (QED) is 0.645. The number of carbonyl (C=O) groups is 2. The van der Waals surface area contributed by atoms with Crippen LogP contribution in [0.1, 0.15) is 25.0 Å². The summed E-state index contributed by atoms with van der Waals surface area (Å²) < 4.78 is 0.273. The molecule has 0 aliphatic carbocycles. The van der Waals surface area contributed by atoms with E-state index in [9.17, 15) is 9.59 Å². The highest BCUT2D eigenvalue weighted by Gasteiger charge is 2.33. The van der Waals surface area contributed by atoms with Gasteiger partial charge in [-0.2, -0.15) is 0 Å². The Kier molecular flexibility index (Phi) is 4.98. The molecule has 6 nitrogen and oxygen atoms in total. The third kappa shape index (κ3) is 3.73. The second kappa shape index (κ2) is 6.98. The van der Waals surface area contributed by atoms with Crippen LogP contribution >= 0.6 is 35.3 Å². The number of piperidine rings is 1. The predicted octanol–water partition coefficient (Wildman–Crippen LogP) is 2.42. The molecule has 0 saturated carbocycles. The zero-order valence-corrected chi connectivity index (χ0v) is 14.7. The molecule has 0 spiro atoms. The third-order valence-electron chi connectivity index (χ3n) is 3.58. The molecular formula is C14H15N3O3S3. The molecular weight excluding hydrogens is 354 g/mol. The Bertz CT molecular complexity index is 680. The highest BCUT2D eigenvalue weighted by Crippen LogP contribution is 2.33. The van der Waals surface area contributed by atoms with Gasteiger partial charge in [-0.25, -0.2) is 4.98 Å². The molecule has 9 heteroatoms. The van der Waals surface area contributed by atoms with Gasteiger partial charge in [0.25, 0.3) is 5.91 Å². The van der Waals surface area contributed by atoms with Crippen LogP contribution in [-0.4, -0.2) is 50.8 Å². The highest BCUT2D eigenvalue weighted by atomic mass is 32.2. The Hall–Kier alpha value is -1.45. The number of thiocarbonyl (C=S) groups is 1. The van der Waals surface area contributed by atoms with Crippen molar-refractivity contribution in [3.05, 3.63) is 16.0 Å². The molecule has 1 amide bonds. The fourth-order valence-electron chi connectivity index (χ4n) is 2.48. The number of rotatable bonds is 4. The Morgan fingerprint density at radius 3 is 2.83 bits per heavy atom. The van der Waals surface area contributed by atoms with E-state index in [1.165, 1.54) is 19.3 Å². The average molecular weight is 369 g/mol. The van der Waals surface area contributed by atoms with Crippen molar-refractivity contribution < 1.29 is 14.7 Å². The van der Waals surface area contributed by atoms with Gasteiger partial charge in [0, 0.05) is 18.5 Å². The molecule has 2 aliphatic rings. The number of carboxylic acids is 1. The van der Waals surface area contributed by atoms with Crippen LogP contribution in [0.4, 0.5) is 5.13 Å². The second-order valence-corrected chi connectivity index (χ2v) is 7.78. The zero-order valence-electron chi connectivity index (χ0n) is 12.2. The van der Waals surface area contributed by atoms with Gasteiger partial charge in [0.15, 0.2) is 5.13 Å². The van der Waals surface area contributed by atoms with Gasteiger partial charge in [-0.3, -0.25) is 14.5 Å². The van der Waals surface area contributed by atoms with Gasteiger partial charge in [-0.15, -0.1) is 11.3 Å². The summed E-state index contributed by atoms with van der Waals surface area (Å²) in [5, 5.41) is 11.7. The number of carbonyl (C=O) groups excluding carboxylic acids is 1. The Morgan fingerprint density at radius 1 is 1.39 bits per heavy atom. The van der Waals surface area contributed by atoms with E-state index in [2.05, 4.69) is 9.88 Å². The summed E-state index contributed by atoms with van der Waals surface area (Å²) in [6.45, 7) is 1.64. The van der Waals surface area contributed by atoms with Crippen molar-refractivity contribution in [1.82, 2.24) is 9.88 Å².